The van der Waals surface area contributed by atoms with Gasteiger partial charge in [-0.25, -0.2) is 0 Å². The number of fused-ring (bicyclic) bond motifs is 1. The topological polar surface area (TPSA) is 94.4 Å². The molecule has 1 N–H and O–H groups in total. The molecule has 0 radical (unpaired) electrons. The zero-order valence-electron chi connectivity index (χ0n) is 13.4. The minimum Gasteiger partial charge on any atom is -0.473 e. The van der Waals surface area contributed by atoms with Gasteiger partial charge >= 0.3 is 5.82 Å². The maximum absolute atomic E-state index is 12.3. The van der Waals surface area contributed by atoms with Crippen molar-refractivity contribution in [2.75, 3.05) is 5.32 Å². The monoisotopic (exact) mass is 337 g/mol. The molecule has 0 saturated heterocycles. The predicted molar refractivity (Wildman–Crippen MR) is 93.6 cm³/mol. The highest BCUT2D eigenvalue weighted by Crippen LogP contribution is 2.24. The molecular weight excluding hydrogens is 322 g/mol. The lowest BCUT2D eigenvalue weighted by molar-refractivity contribution is -0.390. The van der Waals surface area contributed by atoms with Crippen LogP contribution in [0, 0.1) is 10.1 Å². The van der Waals surface area contributed by atoms with Gasteiger partial charge in [0.25, 0.3) is 5.91 Å². The van der Waals surface area contributed by atoms with E-state index < -0.39 is 22.8 Å². The van der Waals surface area contributed by atoms with E-state index in [0.717, 1.165) is 10.8 Å². The van der Waals surface area contributed by atoms with Gasteiger partial charge in [0.15, 0.2) is 6.10 Å². The van der Waals surface area contributed by atoms with Crippen molar-refractivity contribution in [3.8, 4) is 5.75 Å². The van der Waals surface area contributed by atoms with E-state index in [0.29, 0.717) is 5.69 Å². The maximum Gasteiger partial charge on any atom is 0.406 e. The van der Waals surface area contributed by atoms with Crippen LogP contribution < -0.4 is 10.1 Å². The van der Waals surface area contributed by atoms with E-state index in [4.69, 9.17) is 4.74 Å². The molecule has 0 spiro atoms. The largest absolute Gasteiger partial charge is 0.473 e. The van der Waals surface area contributed by atoms with Crippen LogP contribution in [-0.2, 0) is 4.79 Å². The van der Waals surface area contributed by atoms with E-state index in [1.807, 2.05) is 36.4 Å². The van der Waals surface area contributed by atoms with Gasteiger partial charge in [0.2, 0.25) is 5.75 Å². The number of carbonyl (C=O) groups excluding carboxylic acids is 1. The predicted octanol–water partition coefficient (Wildman–Crippen LogP) is 3.55. The van der Waals surface area contributed by atoms with Crippen molar-refractivity contribution in [2.45, 2.75) is 13.0 Å². The first-order chi connectivity index (χ1) is 12.0. The van der Waals surface area contributed by atoms with E-state index in [1.54, 1.807) is 6.07 Å². The van der Waals surface area contributed by atoms with Crippen LogP contribution in [0.15, 0.2) is 60.8 Å². The molecule has 7 heteroatoms. The van der Waals surface area contributed by atoms with E-state index in [-0.39, 0.29) is 5.75 Å². The summed E-state index contributed by atoms with van der Waals surface area (Å²) in [4.78, 5) is 26.3. The van der Waals surface area contributed by atoms with Gasteiger partial charge in [-0.15, -0.1) is 0 Å². The first kappa shape index (κ1) is 16.4. The Morgan fingerprint density at radius 2 is 1.92 bits per heavy atom. The quantitative estimate of drug-likeness (QED) is 0.567. The zero-order chi connectivity index (χ0) is 17.8. The molecule has 1 heterocycles. The fourth-order valence-corrected chi connectivity index (χ4v) is 2.37. The third-order valence-electron chi connectivity index (χ3n) is 3.61. The molecule has 126 valence electrons. The number of benzene rings is 2. The van der Waals surface area contributed by atoms with Gasteiger partial charge in [-0.3, -0.25) is 4.79 Å². The lowest BCUT2D eigenvalue weighted by Crippen LogP contribution is -2.30. The summed E-state index contributed by atoms with van der Waals surface area (Å²) in [5, 5.41) is 15.8. The second-order valence-corrected chi connectivity index (χ2v) is 5.39. The van der Waals surface area contributed by atoms with Gasteiger partial charge in [-0.05, 0) is 51.9 Å². The second kappa shape index (κ2) is 6.96. The molecule has 0 aliphatic carbocycles. The number of nitrogens with zero attached hydrogens (tertiary/aromatic N) is 2. The Morgan fingerprint density at radius 1 is 1.16 bits per heavy atom. The number of hydrogen-bond acceptors (Lipinski definition) is 5. The summed E-state index contributed by atoms with van der Waals surface area (Å²) in [5.41, 5.74) is 0.625. The smallest absolute Gasteiger partial charge is 0.406 e. The maximum atomic E-state index is 12.3. The number of ether oxygens (including phenoxy) is 1. The number of pyridine rings is 1. The molecule has 1 aromatic heterocycles. The Bertz CT molecular complexity index is 942. The SMILES string of the molecule is CC(Oc1cccnc1[N+](=O)[O-])C(=O)Nc1ccc2ccccc2c1. The highest BCUT2D eigenvalue weighted by molar-refractivity contribution is 5.96. The van der Waals surface area contributed by atoms with Crippen molar-refractivity contribution in [1.82, 2.24) is 4.98 Å². The zero-order valence-corrected chi connectivity index (χ0v) is 13.4. The molecule has 7 nitrogen and oxygen atoms in total. The van der Waals surface area contributed by atoms with E-state index in [9.17, 15) is 14.9 Å². The first-order valence-electron chi connectivity index (χ1n) is 7.60. The molecule has 25 heavy (non-hydrogen) atoms. The molecule has 0 fully saturated rings. The molecule has 1 unspecified atom stereocenters. The third-order valence-corrected chi connectivity index (χ3v) is 3.61. The Labute approximate surface area is 143 Å². The van der Waals surface area contributed by atoms with Gasteiger partial charge in [0.05, 0.1) is 0 Å². The summed E-state index contributed by atoms with van der Waals surface area (Å²) >= 11 is 0. The molecule has 3 rings (SSSR count). The standard InChI is InChI=1S/C18H15N3O4/c1-12(25-16-7-4-10-19-17(16)21(23)24)18(22)20-15-9-8-13-5-2-3-6-14(13)11-15/h2-12H,1H3,(H,20,22). The van der Waals surface area contributed by atoms with Crippen LogP contribution in [-0.4, -0.2) is 21.9 Å². The van der Waals surface area contributed by atoms with Crippen LogP contribution in [0.4, 0.5) is 11.5 Å². The summed E-state index contributed by atoms with van der Waals surface area (Å²) in [5.74, 6) is -0.880. The fourth-order valence-electron chi connectivity index (χ4n) is 2.37. The van der Waals surface area contributed by atoms with Crippen LogP contribution in [0.5, 0.6) is 5.75 Å². The number of carbonyl (C=O) groups is 1. The van der Waals surface area contributed by atoms with Crippen molar-refractivity contribution >= 4 is 28.2 Å². The van der Waals surface area contributed by atoms with Gasteiger partial charge in [0, 0.05) is 5.69 Å². The lowest BCUT2D eigenvalue weighted by atomic mass is 10.1. The van der Waals surface area contributed by atoms with Gasteiger partial charge in [0.1, 0.15) is 6.20 Å². The minimum atomic E-state index is -0.922. The van der Waals surface area contributed by atoms with Gasteiger partial charge in [-0.2, -0.15) is 0 Å². The molecule has 0 aliphatic heterocycles. The lowest BCUT2D eigenvalue weighted by Gasteiger charge is -2.14. The summed E-state index contributed by atoms with van der Waals surface area (Å²) in [7, 11) is 0. The number of amides is 1. The van der Waals surface area contributed by atoms with Crippen LogP contribution in [0.3, 0.4) is 0 Å². The number of rotatable bonds is 5. The van der Waals surface area contributed by atoms with Crippen molar-refractivity contribution in [2.24, 2.45) is 0 Å². The Kier molecular flexibility index (Phi) is 4.56. The van der Waals surface area contributed by atoms with Crippen molar-refractivity contribution in [3.63, 3.8) is 0 Å². The van der Waals surface area contributed by atoms with Crippen molar-refractivity contribution < 1.29 is 14.5 Å². The highest BCUT2D eigenvalue weighted by atomic mass is 16.6. The van der Waals surface area contributed by atoms with Crippen molar-refractivity contribution in [1.29, 1.82) is 0 Å². The average Bonchev–Trinajstić information content (AvgIpc) is 2.61. The van der Waals surface area contributed by atoms with Crippen LogP contribution in [0.1, 0.15) is 6.92 Å². The fraction of sp³-hybridized carbons (Fsp3) is 0.111. The summed E-state index contributed by atoms with van der Waals surface area (Å²) in [6, 6.07) is 16.3. The highest BCUT2D eigenvalue weighted by Gasteiger charge is 2.21. The second-order valence-electron chi connectivity index (χ2n) is 5.39. The molecule has 1 amide bonds. The van der Waals surface area contributed by atoms with Crippen LogP contribution in [0.25, 0.3) is 10.8 Å². The van der Waals surface area contributed by atoms with Crippen LogP contribution >= 0.6 is 0 Å². The molecule has 0 saturated carbocycles. The molecule has 0 bridgehead atoms. The number of hydrogen-bond donors (Lipinski definition) is 1. The summed E-state index contributed by atoms with van der Waals surface area (Å²) < 4.78 is 5.41. The Morgan fingerprint density at radius 3 is 2.68 bits per heavy atom. The summed E-state index contributed by atoms with van der Waals surface area (Å²) in [6.45, 7) is 1.52. The van der Waals surface area contributed by atoms with E-state index in [1.165, 1.54) is 25.3 Å². The van der Waals surface area contributed by atoms with Gasteiger partial charge < -0.3 is 20.2 Å². The molecular formula is C18H15N3O4. The molecule has 0 aliphatic rings. The normalized spacial score (nSPS) is 11.7. The Balaban J connectivity index is 1.73. The van der Waals surface area contributed by atoms with E-state index >= 15 is 0 Å². The van der Waals surface area contributed by atoms with Crippen molar-refractivity contribution in [3.05, 3.63) is 70.9 Å². The van der Waals surface area contributed by atoms with Crippen LogP contribution in [0.2, 0.25) is 0 Å². The van der Waals surface area contributed by atoms with Gasteiger partial charge in [-0.1, -0.05) is 30.3 Å². The summed E-state index contributed by atoms with van der Waals surface area (Å²) in [6.07, 6.45) is 0.375. The van der Waals surface area contributed by atoms with E-state index in [2.05, 4.69) is 10.3 Å². The molecule has 2 aromatic carbocycles. The Hall–Kier alpha value is -3.48. The number of anilines is 1. The number of nitro groups is 1. The molecule has 3 aromatic rings. The number of nitrogens with one attached hydrogen (secondary N) is 1. The number of aromatic nitrogens is 1. The minimum absolute atomic E-state index is 0.0475. The third kappa shape index (κ3) is 3.72. The first-order valence-corrected chi connectivity index (χ1v) is 7.60. The molecule has 1 atom stereocenters. The average molecular weight is 337 g/mol.